The average Bonchev–Trinajstić information content (AvgIpc) is 3.12. The van der Waals surface area contributed by atoms with Crippen LogP contribution < -0.4 is 15.5 Å². The van der Waals surface area contributed by atoms with Crippen LogP contribution in [0.4, 0.5) is 10.5 Å². The molecule has 1 atom stereocenters. The molecule has 3 amide bonds. The fraction of sp³-hybridized carbons (Fsp3) is 0.294. The lowest BCUT2D eigenvalue weighted by Gasteiger charge is -2.17. The zero-order valence-electron chi connectivity index (χ0n) is 12.9. The summed E-state index contributed by atoms with van der Waals surface area (Å²) in [5.41, 5.74) is 0.872. The van der Waals surface area contributed by atoms with Gasteiger partial charge in [-0.25, -0.2) is 4.79 Å². The molecule has 2 heterocycles. The van der Waals surface area contributed by atoms with Crippen LogP contribution in [-0.2, 0) is 11.3 Å². The van der Waals surface area contributed by atoms with Crippen LogP contribution in [0, 0.1) is 6.92 Å². The van der Waals surface area contributed by atoms with Gasteiger partial charge in [0.2, 0.25) is 5.91 Å². The van der Waals surface area contributed by atoms with Crippen LogP contribution in [0.15, 0.2) is 42.5 Å². The number of carbonyl (C=O) groups excluding carboxylic acids is 2. The van der Waals surface area contributed by atoms with Crippen molar-refractivity contribution in [3.05, 3.63) is 52.2 Å². The van der Waals surface area contributed by atoms with Crippen molar-refractivity contribution in [3.63, 3.8) is 0 Å². The van der Waals surface area contributed by atoms with Crippen molar-refractivity contribution >= 4 is 29.0 Å². The molecular weight excluding hydrogens is 310 g/mol. The summed E-state index contributed by atoms with van der Waals surface area (Å²) in [5.74, 6) is 0.0374. The summed E-state index contributed by atoms with van der Waals surface area (Å²) < 4.78 is 0. The molecule has 3 rings (SSSR count). The molecule has 1 aromatic heterocycles. The molecule has 5 nitrogen and oxygen atoms in total. The molecule has 0 saturated carbocycles. The van der Waals surface area contributed by atoms with E-state index in [1.54, 1.807) is 16.2 Å². The molecule has 120 valence electrons. The lowest BCUT2D eigenvalue weighted by atomic mass is 10.2. The second-order valence-electron chi connectivity index (χ2n) is 5.58. The minimum atomic E-state index is -0.233. The number of thiophene rings is 1. The largest absolute Gasteiger partial charge is 0.333 e. The molecule has 1 aliphatic rings. The number of hydrogen-bond acceptors (Lipinski definition) is 3. The number of hydrogen-bond donors (Lipinski definition) is 2. The third-order valence-corrected chi connectivity index (χ3v) is 4.75. The second kappa shape index (κ2) is 6.83. The van der Waals surface area contributed by atoms with Crippen molar-refractivity contribution in [1.29, 1.82) is 0 Å². The van der Waals surface area contributed by atoms with Gasteiger partial charge in [0.25, 0.3) is 0 Å². The quantitative estimate of drug-likeness (QED) is 0.906. The predicted octanol–water partition coefficient (Wildman–Crippen LogP) is 2.66. The van der Waals surface area contributed by atoms with E-state index in [4.69, 9.17) is 0 Å². The molecule has 1 unspecified atom stereocenters. The average molecular weight is 329 g/mol. The fourth-order valence-corrected chi connectivity index (χ4v) is 3.48. The van der Waals surface area contributed by atoms with E-state index in [1.807, 2.05) is 49.4 Å². The number of benzene rings is 1. The third-order valence-electron chi connectivity index (χ3n) is 3.75. The van der Waals surface area contributed by atoms with Gasteiger partial charge in [-0.3, -0.25) is 4.79 Å². The molecule has 23 heavy (non-hydrogen) atoms. The Labute approximate surface area is 139 Å². The van der Waals surface area contributed by atoms with E-state index in [0.717, 1.165) is 10.6 Å². The molecule has 2 N–H and O–H groups in total. The zero-order valence-corrected chi connectivity index (χ0v) is 13.7. The number of amides is 3. The van der Waals surface area contributed by atoms with Gasteiger partial charge in [0.05, 0.1) is 12.6 Å². The highest BCUT2D eigenvalue weighted by Crippen LogP contribution is 2.21. The summed E-state index contributed by atoms with van der Waals surface area (Å²) in [5, 5.41) is 5.72. The van der Waals surface area contributed by atoms with Crippen molar-refractivity contribution in [3.8, 4) is 0 Å². The summed E-state index contributed by atoms with van der Waals surface area (Å²) in [6, 6.07) is 13.2. The van der Waals surface area contributed by atoms with Crippen molar-refractivity contribution in [1.82, 2.24) is 10.6 Å². The molecule has 6 heteroatoms. The van der Waals surface area contributed by atoms with Crippen LogP contribution in [0.5, 0.6) is 0 Å². The highest BCUT2D eigenvalue weighted by molar-refractivity contribution is 7.11. The zero-order chi connectivity index (χ0) is 16.2. The van der Waals surface area contributed by atoms with E-state index < -0.39 is 0 Å². The third kappa shape index (κ3) is 3.90. The molecule has 1 saturated heterocycles. The van der Waals surface area contributed by atoms with E-state index in [1.165, 1.54) is 4.88 Å². The lowest BCUT2D eigenvalue weighted by Crippen LogP contribution is -2.43. The smallest absolute Gasteiger partial charge is 0.315 e. The topological polar surface area (TPSA) is 61.4 Å². The molecular formula is C17H19N3O2S. The Hall–Kier alpha value is -2.34. The molecule has 1 aliphatic heterocycles. The molecule has 1 aromatic carbocycles. The highest BCUT2D eigenvalue weighted by Gasteiger charge is 2.31. The lowest BCUT2D eigenvalue weighted by molar-refractivity contribution is -0.117. The molecule has 0 bridgehead atoms. The minimum absolute atomic E-state index is 0.0374. The summed E-state index contributed by atoms with van der Waals surface area (Å²) in [6.45, 7) is 3.05. The van der Waals surface area contributed by atoms with Crippen molar-refractivity contribution in [2.75, 3.05) is 11.4 Å². The highest BCUT2D eigenvalue weighted by atomic mass is 32.1. The van der Waals surface area contributed by atoms with Gasteiger partial charge >= 0.3 is 6.03 Å². The Bertz CT molecular complexity index is 699. The number of anilines is 1. The Morgan fingerprint density at radius 3 is 2.74 bits per heavy atom. The van der Waals surface area contributed by atoms with Crippen LogP contribution in [0.2, 0.25) is 0 Å². The SMILES string of the molecule is Cc1ccc(CNC(=O)NC2CC(=O)N(c3ccccc3)C2)s1. The number of para-hydroxylation sites is 1. The number of aryl methyl sites for hydroxylation is 1. The van der Waals surface area contributed by atoms with Crippen LogP contribution in [0.3, 0.4) is 0 Å². The van der Waals surface area contributed by atoms with Gasteiger partial charge in [-0.1, -0.05) is 18.2 Å². The van der Waals surface area contributed by atoms with Crippen LogP contribution in [-0.4, -0.2) is 24.5 Å². The van der Waals surface area contributed by atoms with E-state index >= 15 is 0 Å². The number of nitrogens with zero attached hydrogens (tertiary/aromatic N) is 1. The standard InChI is InChI=1S/C17H19N3O2S/c1-12-7-8-15(23-12)10-18-17(22)19-13-9-16(21)20(11-13)14-5-3-2-4-6-14/h2-8,13H,9-11H2,1H3,(H2,18,19,22). The molecule has 0 spiro atoms. The van der Waals surface area contributed by atoms with Gasteiger partial charge in [0.1, 0.15) is 0 Å². The van der Waals surface area contributed by atoms with Gasteiger partial charge < -0.3 is 15.5 Å². The van der Waals surface area contributed by atoms with Gasteiger partial charge in [0.15, 0.2) is 0 Å². The molecule has 2 aromatic rings. The van der Waals surface area contributed by atoms with Crippen molar-refractivity contribution in [2.24, 2.45) is 0 Å². The molecule has 1 fully saturated rings. The first-order chi connectivity index (χ1) is 11.1. The van der Waals surface area contributed by atoms with Crippen LogP contribution in [0.1, 0.15) is 16.2 Å². The Balaban J connectivity index is 1.51. The predicted molar refractivity (Wildman–Crippen MR) is 91.6 cm³/mol. The van der Waals surface area contributed by atoms with E-state index in [9.17, 15) is 9.59 Å². The summed E-state index contributed by atoms with van der Waals surface area (Å²) in [7, 11) is 0. The first-order valence-corrected chi connectivity index (χ1v) is 8.38. The first kappa shape index (κ1) is 15.6. The number of rotatable bonds is 4. The Kier molecular flexibility index (Phi) is 4.62. The van der Waals surface area contributed by atoms with Crippen LogP contribution >= 0.6 is 11.3 Å². The summed E-state index contributed by atoms with van der Waals surface area (Å²) in [4.78, 5) is 28.1. The van der Waals surface area contributed by atoms with E-state index in [0.29, 0.717) is 19.5 Å². The maximum absolute atomic E-state index is 12.1. The van der Waals surface area contributed by atoms with Crippen LogP contribution in [0.25, 0.3) is 0 Å². The maximum atomic E-state index is 12.1. The summed E-state index contributed by atoms with van der Waals surface area (Å²) >= 11 is 1.67. The Morgan fingerprint density at radius 1 is 1.26 bits per heavy atom. The van der Waals surface area contributed by atoms with E-state index in [-0.39, 0.29) is 18.0 Å². The van der Waals surface area contributed by atoms with E-state index in [2.05, 4.69) is 10.6 Å². The number of carbonyl (C=O) groups is 2. The monoisotopic (exact) mass is 329 g/mol. The second-order valence-corrected chi connectivity index (χ2v) is 6.95. The maximum Gasteiger partial charge on any atom is 0.315 e. The summed E-state index contributed by atoms with van der Waals surface area (Å²) in [6.07, 6.45) is 0.334. The fourth-order valence-electron chi connectivity index (χ4n) is 2.65. The number of urea groups is 1. The van der Waals surface area contributed by atoms with Crippen molar-refractivity contribution < 1.29 is 9.59 Å². The number of nitrogens with one attached hydrogen (secondary N) is 2. The molecule has 0 radical (unpaired) electrons. The van der Waals surface area contributed by atoms with Gasteiger partial charge in [-0.05, 0) is 31.2 Å². The van der Waals surface area contributed by atoms with Gasteiger partial charge in [-0.15, -0.1) is 11.3 Å². The van der Waals surface area contributed by atoms with Crippen molar-refractivity contribution in [2.45, 2.75) is 25.9 Å². The first-order valence-electron chi connectivity index (χ1n) is 7.57. The van der Waals surface area contributed by atoms with Gasteiger partial charge in [0, 0.05) is 28.4 Å². The normalized spacial score (nSPS) is 17.3. The Morgan fingerprint density at radius 2 is 2.04 bits per heavy atom. The van der Waals surface area contributed by atoms with Gasteiger partial charge in [-0.2, -0.15) is 0 Å². The minimum Gasteiger partial charge on any atom is -0.333 e. The molecule has 0 aliphatic carbocycles.